The summed E-state index contributed by atoms with van der Waals surface area (Å²) >= 11 is 1.31. The Kier molecular flexibility index (Phi) is 6.53. The third-order valence-electron chi connectivity index (χ3n) is 4.82. The van der Waals surface area contributed by atoms with Crippen molar-refractivity contribution in [3.05, 3.63) is 89.1 Å². The number of ether oxygens (including phenoxy) is 1. The molecule has 0 radical (unpaired) electrons. The van der Waals surface area contributed by atoms with Gasteiger partial charge in [0.1, 0.15) is 0 Å². The normalized spacial score (nSPS) is 16.3. The zero-order valence-corrected chi connectivity index (χ0v) is 18.2. The highest BCUT2D eigenvalue weighted by molar-refractivity contribution is 8.18. The van der Waals surface area contributed by atoms with Crippen molar-refractivity contribution in [3.63, 3.8) is 0 Å². The molecule has 0 spiro atoms. The zero-order chi connectivity index (χ0) is 22.5. The second kappa shape index (κ2) is 9.67. The number of nitrogens with zero attached hydrogens (tertiary/aromatic N) is 3. The number of aromatic carboxylic acids is 1. The predicted molar refractivity (Wildman–Crippen MR) is 125 cm³/mol. The molecule has 0 atom stereocenters. The van der Waals surface area contributed by atoms with Crippen LogP contribution in [0.4, 0.5) is 5.69 Å². The number of amides is 1. The Hall–Kier alpha value is -3.62. The number of aliphatic imine (C=N–C) groups is 1. The summed E-state index contributed by atoms with van der Waals surface area (Å²) in [5.74, 6) is -1.13. The minimum absolute atomic E-state index is 0.145. The molecule has 2 aromatic carbocycles. The minimum Gasteiger partial charge on any atom is -0.478 e. The number of thioether (sulfide) groups is 1. The van der Waals surface area contributed by atoms with Crippen LogP contribution in [0.5, 0.6) is 0 Å². The van der Waals surface area contributed by atoms with E-state index in [9.17, 15) is 14.7 Å². The Morgan fingerprint density at radius 1 is 1.12 bits per heavy atom. The Morgan fingerprint density at radius 3 is 2.69 bits per heavy atom. The van der Waals surface area contributed by atoms with Crippen LogP contribution in [0.25, 0.3) is 11.8 Å². The fourth-order valence-corrected chi connectivity index (χ4v) is 4.26. The maximum absolute atomic E-state index is 13.1. The van der Waals surface area contributed by atoms with Gasteiger partial charge in [-0.15, -0.1) is 0 Å². The first-order valence-electron chi connectivity index (χ1n) is 9.92. The third kappa shape index (κ3) is 4.66. The maximum atomic E-state index is 13.1. The highest BCUT2D eigenvalue weighted by Crippen LogP contribution is 2.34. The smallest absolute Gasteiger partial charge is 0.335 e. The first-order valence-corrected chi connectivity index (χ1v) is 10.7. The van der Waals surface area contributed by atoms with E-state index in [2.05, 4.69) is 4.99 Å². The van der Waals surface area contributed by atoms with Crippen LogP contribution in [0, 0.1) is 0 Å². The quantitative estimate of drug-likeness (QED) is 0.542. The van der Waals surface area contributed by atoms with Crippen molar-refractivity contribution in [3.8, 4) is 5.69 Å². The summed E-state index contributed by atoms with van der Waals surface area (Å²) in [4.78, 5) is 31.3. The average Bonchev–Trinajstić information content (AvgIpc) is 3.38. The zero-order valence-electron chi connectivity index (χ0n) is 17.3. The molecule has 4 rings (SSSR count). The summed E-state index contributed by atoms with van der Waals surface area (Å²) in [5.41, 5.74) is 2.42. The van der Waals surface area contributed by atoms with Crippen LogP contribution in [0.3, 0.4) is 0 Å². The second-order valence-electron chi connectivity index (χ2n) is 6.95. The third-order valence-corrected chi connectivity index (χ3v) is 5.83. The number of carboxylic acid groups (broad SMARTS) is 1. The van der Waals surface area contributed by atoms with Gasteiger partial charge >= 0.3 is 5.97 Å². The van der Waals surface area contributed by atoms with E-state index in [4.69, 9.17) is 4.74 Å². The maximum Gasteiger partial charge on any atom is 0.335 e. The van der Waals surface area contributed by atoms with Gasteiger partial charge in [0.05, 0.1) is 29.3 Å². The minimum atomic E-state index is -0.990. The molecule has 1 aliphatic heterocycles. The van der Waals surface area contributed by atoms with Crippen molar-refractivity contribution in [2.24, 2.45) is 4.99 Å². The molecule has 32 heavy (non-hydrogen) atoms. The van der Waals surface area contributed by atoms with Crippen molar-refractivity contribution < 1.29 is 19.4 Å². The first kappa shape index (κ1) is 21.6. The number of hydrogen-bond acceptors (Lipinski definition) is 5. The topological polar surface area (TPSA) is 84.1 Å². The Bertz CT molecular complexity index is 1200. The van der Waals surface area contributed by atoms with E-state index >= 15 is 0 Å². The van der Waals surface area contributed by atoms with E-state index in [0.29, 0.717) is 28.9 Å². The molecule has 0 saturated carbocycles. The number of carboxylic acids is 1. The lowest BCUT2D eigenvalue weighted by Gasteiger charge is -2.14. The molecular formula is C24H21N3O4S. The molecular weight excluding hydrogens is 426 g/mol. The van der Waals surface area contributed by atoms with Crippen LogP contribution in [0.15, 0.2) is 82.8 Å². The van der Waals surface area contributed by atoms with E-state index in [1.165, 1.54) is 11.8 Å². The van der Waals surface area contributed by atoms with Gasteiger partial charge in [0.25, 0.3) is 5.91 Å². The molecule has 1 fully saturated rings. The fraction of sp³-hybridized carbons (Fsp3) is 0.125. The molecule has 1 aromatic heterocycles. The van der Waals surface area contributed by atoms with E-state index in [-0.39, 0.29) is 11.5 Å². The van der Waals surface area contributed by atoms with E-state index in [1.807, 2.05) is 59.3 Å². The largest absolute Gasteiger partial charge is 0.478 e. The summed E-state index contributed by atoms with van der Waals surface area (Å²) in [6.45, 7) is 0.790. The van der Waals surface area contributed by atoms with Gasteiger partial charge in [-0.1, -0.05) is 24.3 Å². The average molecular weight is 448 g/mol. The number of hydrogen-bond donors (Lipinski definition) is 1. The van der Waals surface area contributed by atoms with Gasteiger partial charge in [0.2, 0.25) is 0 Å². The predicted octanol–water partition coefficient (Wildman–Crippen LogP) is 4.43. The van der Waals surface area contributed by atoms with Gasteiger partial charge in [0, 0.05) is 24.7 Å². The van der Waals surface area contributed by atoms with Crippen LogP contribution in [0.1, 0.15) is 16.1 Å². The van der Waals surface area contributed by atoms with E-state index in [0.717, 1.165) is 11.4 Å². The first-order chi connectivity index (χ1) is 15.6. The van der Waals surface area contributed by atoms with Crippen LogP contribution in [-0.2, 0) is 9.53 Å². The van der Waals surface area contributed by atoms with Crippen molar-refractivity contribution in [1.82, 2.24) is 9.47 Å². The second-order valence-corrected chi connectivity index (χ2v) is 7.96. The van der Waals surface area contributed by atoms with E-state index in [1.54, 1.807) is 36.3 Å². The van der Waals surface area contributed by atoms with Gasteiger partial charge in [-0.25, -0.2) is 9.79 Å². The molecule has 3 aromatic rings. The lowest BCUT2D eigenvalue weighted by Crippen LogP contribution is -2.32. The number of aromatic nitrogens is 1. The standard InChI is InChI=1S/C24H21N3O4S/c1-31-14-13-27-22(28)21(32-24(27)25-18-8-3-2-4-9-18)16-20-11-6-12-26(20)19-10-5-7-17(15-19)23(29)30/h2-12,15-16H,13-14H2,1H3,(H,29,30)/b21-16+,25-24?. The van der Waals surface area contributed by atoms with Crippen LogP contribution >= 0.6 is 11.8 Å². The summed E-state index contributed by atoms with van der Waals surface area (Å²) in [6.07, 6.45) is 3.63. The summed E-state index contributed by atoms with van der Waals surface area (Å²) < 4.78 is 7.02. The fourth-order valence-electron chi connectivity index (χ4n) is 3.25. The number of carbonyl (C=O) groups is 2. The van der Waals surface area contributed by atoms with Gasteiger partial charge < -0.3 is 14.4 Å². The molecule has 1 N–H and O–H groups in total. The Balaban J connectivity index is 1.68. The summed E-state index contributed by atoms with van der Waals surface area (Å²) in [7, 11) is 1.59. The SMILES string of the molecule is COCCN1C(=O)/C(=C\c2cccn2-c2cccc(C(=O)O)c2)SC1=Nc1ccccc1. The summed E-state index contributed by atoms with van der Waals surface area (Å²) in [6, 6.07) is 19.9. The van der Waals surface area contributed by atoms with Gasteiger partial charge in [-0.2, -0.15) is 0 Å². The highest BCUT2D eigenvalue weighted by Gasteiger charge is 2.33. The number of para-hydroxylation sites is 1. The van der Waals surface area contributed by atoms with Crippen molar-refractivity contribution in [1.29, 1.82) is 0 Å². The lowest BCUT2D eigenvalue weighted by atomic mass is 10.2. The van der Waals surface area contributed by atoms with Crippen molar-refractivity contribution in [2.75, 3.05) is 20.3 Å². The van der Waals surface area contributed by atoms with Crippen LogP contribution in [0.2, 0.25) is 0 Å². The monoisotopic (exact) mass is 447 g/mol. The van der Waals surface area contributed by atoms with Crippen LogP contribution < -0.4 is 0 Å². The molecule has 162 valence electrons. The Labute approximate surface area is 189 Å². The van der Waals surface area contributed by atoms with Gasteiger partial charge in [-0.3, -0.25) is 9.69 Å². The number of methoxy groups -OCH3 is 1. The highest BCUT2D eigenvalue weighted by atomic mass is 32.2. The molecule has 2 heterocycles. The number of benzene rings is 2. The molecule has 7 nitrogen and oxygen atoms in total. The van der Waals surface area contributed by atoms with Crippen molar-refractivity contribution >= 4 is 40.6 Å². The van der Waals surface area contributed by atoms with Crippen LogP contribution in [-0.4, -0.2) is 51.9 Å². The summed E-state index contributed by atoms with van der Waals surface area (Å²) in [5, 5.41) is 9.89. The molecule has 1 aliphatic rings. The molecule has 8 heteroatoms. The molecule has 0 bridgehead atoms. The molecule has 1 amide bonds. The number of amidine groups is 1. The molecule has 0 aliphatic carbocycles. The molecule has 1 saturated heterocycles. The number of rotatable bonds is 7. The lowest BCUT2D eigenvalue weighted by molar-refractivity contribution is -0.122. The van der Waals surface area contributed by atoms with Crippen molar-refractivity contribution in [2.45, 2.75) is 0 Å². The van der Waals surface area contributed by atoms with Gasteiger partial charge in [0.15, 0.2) is 5.17 Å². The van der Waals surface area contributed by atoms with Gasteiger partial charge in [-0.05, 0) is 60.3 Å². The Morgan fingerprint density at radius 2 is 1.94 bits per heavy atom. The van der Waals surface area contributed by atoms with E-state index < -0.39 is 5.97 Å². The number of carbonyl (C=O) groups excluding carboxylic acids is 1. The molecule has 0 unspecified atom stereocenters.